The van der Waals surface area contributed by atoms with Gasteiger partial charge in [-0.1, -0.05) is 0 Å². The number of hydrogen-bond donors (Lipinski definition) is 1. The highest BCUT2D eigenvalue weighted by molar-refractivity contribution is 4.75. The normalized spacial score (nSPS) is 35.4. The van der Waals surface area contributed by atoms with Crippen molar-refractivity contribution < 1.29 is 9.47 Å². The molecule has 2 rings (SSSR count). The summed E-state index contributed by atoms with van der Waals surface area (Å²) in [7, 11) is 0. The van der Waals surface area contributed by atoms with Crippen LogP contribution in [0.3, 0.4) is 0 Å². The smallest absolute Gasteiger partial charge is 0.161 e. The van der Waals surface area contributed by atoms with Gasteiger partial charge in [-0.15, -0.1) is 0 Å². The minimum absolute atomic E-state index is 0.0926. The summed E-state index contributed by atoms with van der Waals surface area (Å²) in [6.07, 6.45) is 1.29. The third kappa shape index (κ3) is 1.17. The first-order valence-electron chi connectivity index (χ1n) is 3.91. The second-order valence-electron chi connectivity index (χ2n) is 2.86. The van der Waals surface area contributed by atoms with E-state index in [4.69, 9.17) is 9.47 Å². The maximum Gasteiger partial charge on any atom is 0.161 e. The van der Waals surface area contributed by atoms with Crippen LogP contribution in [-0.2, 0) is 9.47 Å². The van der Waals surface area contributed by atoms with Crippen molar-refractivity contribution in [2.75, 3.05) is 26.3 Å². The van der Waals surface area contributed by atoms with Gasteiger partial charge in [-0.25, -0.2) is 0 Å². The summed E-state index contributed by atoms with van der Waals surface area (Å²) in [6, 6.07) is 0. The van der Waals surface area contributed by atoms with Crippen molar-refractivity contribution in [1.82, 2.24) is 5.32 Å². The average Bonchev–Trinajstić information content (AvgIpc) is 2.59. The van der Waals surface area contributed by atoms with Crippen LogP contribution in [0.4, 0.5) is 0 Å². The molecule has 1 N–H and O–H groups in total. The van der Waals surface area contributed by atoms with E-state index < -0.39 is 0 Å². The Kier molecular flexibility index (Phi) is 1.88. The second kappa shape index (κ2) is 2.86. The summed E-state index contributed by atoms with van der Waals surface area (Å²) in [5.74, 6) is 0.600. The van der Waals surface area contributed by atoms with Crippen molar-refractivity contribution in [3.63, 3.8) is 0 Å². The molecule has 1 unspecified atom stereocenters. The molecule has 0 bridgehead atoms. The molecular formula is C7H13NO2. The summed E-state index contributed by atoms with van der Waals surface area (Å²) in [6.45, 7) is 3.74. The third-order valence-electron chi connectivity index (χ3n) is 2.13. The predicted molar refractivity (Wildman–Crippen MR) is 36.7 cm³/mol. The Labute approximate surface area is 60.7 Å². The van der Waals surface area contributed by atoms with Crippen molar-refractivity contribution >= 4 is 0 Å². The third-order valence-corrected chi connectivity index (χ3v) is 2.13. The summed E-state index contributed by atoms with van der Waals surface area (Å²) in [5, 5.41) is 3.29. The number of rotatable bonds is 1. The number of ether oxygens (including phenoxy) is 2. The molecule has 2 aliphatic rings. The quantitative estimate of drug-likeness (QED) is 0.559. The van der Waals surface area contributed by atoms with Gasteiger partial charge in [-0.2, -0.15) is 0 Å². The zero-order chi connectivity index (χ0) is 6.81. The Hall–Kier alpha value is -0.120. The van der Waals surface area contributed by atoms with Crippen LogP contribution >= 0.6 is 0 Å². The fraction of sp³-hybridized carbons (Fsp3) is 1.00. The Bertz CT molecular complexity index is 92.2. The van der Waals surface area contributed by atoms with E-state index in [-0.39, 0.29) is 6.29 Å². The Morgan fingerprint density at radius 1 is 1.20 bits per heavy atom. The summed E-state index contributed by atoms with van der Waals surface area (Å²) < 4.78 is 10.7. The summed E-state index contributed by atoms with van der Waals surface area (Å²) in [4.78, 5) is 0. The molecule has 1 atom stereocenters. The number of nitrogens with one attached hydrogen (secondary N) is 1. The maximum absolute atomic E-state index is 5.37. The zero-order valence-corrected chi connectivity index (χ0v) is 6.01. The van der Waals surface area contributed by atoms with Crippen LogP contribution in [-0.4, -0.2) is 32.6 Å². The standard InChI is InChI=1S/C7H13NO2/c1-2-8-5-6(1)7-9-3-4-10-7/h6-8H,1-5H2. The van der Waals surface area contributed by atoms with E-state index in [1.54, 1.807) is 0 Å². The van der Waals surface area contributed by atoms with Crippen molar-refractivity contribution in [2.24, 2.45) is 5.92 Å². The summed E-state index contributed by atoms with van der Waals surface area (Å²) >= 11 is 0. The molecule has 0 aliphatic carbocycles. The molecule has 10 heavy (non-hydrogen) atoms. The van der Waals surface area contributed by atoms with Gasteiger partial charge < -0.3 is 14.8 Å². The van der Waals surface area contributed by atoms with Crippen molar-refractivity contribution in [2.45, 2.75) is 12.7 Å². The van der Waals surface area contributed by atoms with Gasteiger partial charge in [0.15, 0.2) is 6.29 Å². The highest BCUT2D eigenvalue weighted by atomic mass is 16.7. The fourth-order valence-electron chi connectivity index (χ4n) is 1.56. The zero-order valence-electron chi connectivity index (χ0n) is 6.01. The lowest BCUT2D eigenvalue weighted by Gasteiger charge is -2.14. The van der Waals surface area contributed by atoms with Crippen molar-refractivity contribution in [1.29, 1.82) is 0 Å². The summed E-state index contributed by atoms with van der Waals surface area (Å²) in [5.41, 5.74) is 0. The molecule has 0 spiro atoms. The van der Waals surface area contributed by atoms with Gasteiger partial charge in [0, 0.05) is 12.5 Å². The molecule has 0 aromatic carbocycles. The molecule has 3 heteroatoms. The van der Waals surface area contributed by atoms with Crippen molar-refractivity contribution in [3.8, 4) is 0 Å². The lowest BCUT2D eigenvalue weighted by Crippen LogP contribution is -2.23. The molecule has 2 fully saturated rings. The van der Waals surface area contributed by atoms with Crippen LogP contribution in [0, 0.1) is 5.92 Å². The predicted octanol–water partition coefficient (Wildman–Crippen LogP) is -0.0312. The van der Waals surface area contributed by atoms with Crippen molar-refractivity contribution in [3.05, 3.63) is 0 Å². The SMILES string of the molecule is C1CC(C2OCCO2)CN1. The lowest BCUT2D eigenvalue weighted by molar-refractivity contribution is -0.0776. The monoisotopic (exact) mass is 143 g/mol. The van der Waals surface area contributed by atoms with E-state index in [9.17, 15) is 0 Å². The van der Waals surface area contributed by atoms with Gasteiger partial charge in [0.1, 0.15) is 0 Å². The van der Waals surface area contributed by atoms with Gasteiger partial charge in [-0.3, -0.25) is 0 Å². The van der Waals surface area contributed by atoms with E-state index >= 15 is 0 Å². The molecule has 0 aromatic rings. The fourth-order valence-corrected chi connectivity index (χ4v) is 1.56. The minimum Gasteiger partial charge on any atom is -0.350 e. The molecular weight excluding hydrogens is 130 g/mol. The minimum atomic E-state index is 0.0926. The molecule has 0 saturated carbocycles. The Morgan fingerprint density at radius 3 is 2.60 bits per heavy atom. The van der Waals surface area contributed by atoms with Crippen LogP contribution in [0.5, 0.6) is 0 Å². The molecule has 0 radical (unpaired) electrons. The van der Waals surface area contributed by atoms with Crippen LogP contribution in [0.2, 0.25) is 0 Å². The molecule has 2 aliphatic heterocycles. The van der Waals surface area contributed by atoms with Crippen LogP contribution in [0.25, 0.3) is 0 Å². The maximum atomic E-state index is 5.37. The lowest BCUT2D eigenvalue weighted by atomic mass is 10.1. The van der Waals surface area contributed by atoms with E-state index in [0.29, 0.717) is 5.92 Å². The molecule has 2 heterocycles. The highest BCUT2D eigenvalue weighted by Gasteiger charge is 2.28. The highest BCUT2D eigenvalue weighted by Crippen LogP contribution is 2.19. The molecule has 0 aromatic heterocycles. The van der Waals surface area contributed by atoms with E-state index in [0.717, 1.165) is 26.3 Å². The topological polar surface area (TPSA) is 30.5 Å². The van der Waals surface area contributed by atoms with Gasteiger partial charge in [0.2, 0.25) is 0 Å². The molecule has 3 nitrogen and oxygen atoms in total. The van der Waals surface area contributed by atoms with Crippen LogP contribution < -0.4 is 5.32 Å². The Morgan fingerprint density at radius 2 is 2.00 bits per heavy atom. The van der Waals surface area contributed by atoms with E-state index in [1.807, 2.05) is 0 Å². The van der Waals surface area contributed by atoms with Crippen LogP contribution in [0.1, 0.15) is 6.42 Å². The van der Waals surface area contributed by atoms with Gasteiger partial charge >= 0.3 is 0 Å². The largest absolute Gasteiger partial charge is 0.350 e. The van der Waals surface area contributed by atoms with Crippen LogP contribution in [0.15, 0.2) is 0 Å². The van der Waals surface area contributed by atoms with E-state index in [1.165, 1.54) is 6.42 Å². The first-order valence-corrected chi connectivity index (χ1v) is 3.91. The average molecular weight is 143 g/mol. The Balaban J connectivity index is 1.85. The number of hydrogen-bond acceptors (Lipinski definition) is 3. The van der Waals surface area contributed by atoms with Gasteiger partial charge in [-0.05, 0) is 13.0 Å². The first kappa shape index (κ1) is 6.58. The second-order valence-corrected chi connectivity index (χ2v) is 2.86. The molecule has 58 valence electrons. The first-order chi connectivity index (χ1) is 4.97. The molecule has 0 amide bonds. The van der Waals surface area contributed by atoms with Gasteiger partial charge in [0.05, 0.1) is 13.2 Å². The van der Waals surface area contributed by atoms with E-state index in [2.05, 4.69) is 5.32 Å². The molecule has 2 saturated heterocycles. The van der Waals surface area contributed by atoms with Gasteiger partial charge in [0.25, 0.3) is 0 Å².